The molecule has 3 amide bonds. The van der Waals surface area contributed by atoms with Crippen LogP contribution in [0.5, 0.6) is 5.75 Å². The molecule has 2 saturated heterocycles. The van der Waals surface area contributed by atoms with Crippen LogP contribution in [0.3, 0.4) is 0 Å². The van der Waals surface area contributed by atoms with E-state index < -0.39 is 24.2 Å². The van der Waals surface area contributed by atoms with Gasteiger partial charge >= 0.3 is 24.2 Å². The van der Waals surface area contributed by atoms with Gasteiger partial charge in [0.25, 0.3) is 5.91 Å². The van der Waals surface area contributed by atoms with Gasteiger partial charge in [-0.25, -0.2) is 0 Å². The molecule has 22 heteroatoms. The number of phenols is 1. The van der Waals surface area contributed by atoms with Crippen molar-refractivity contribution in [3.05, 3.63) is 66.2 Å². The molecule has 15 nitrogen and oxygen atoms in total. The molecule has 6 rings (SSSR count). The highest BCUT2D eigenvalue weighted by Gasteiger charge is 2.36. The fourth-order valence-corrected chi connectivity index (χ4v) is 5.28. The van der Waals surface area contributed by atoms with Crippen LogP contribution in [0.1, 0.15) is 54.6 Å². The molecule has 3 aromatic carbocycles. The number of halogens is 7. The minimum Gasteiger partial charge on any atom is -0.506 e. The van der Waals surface area contributed by atoms with E-state index in [1.807, 2.05) is 48.5 Å². The van der Waals surface area contributed by atoms with Crippen molar-refractivity contribution in [2.24, 2.45) is 11.5 Å². The predicted molar refractivity (Wildman–Crippen MR) is 211 cm³/mol. The number of hydrogen-bond acceptors (Lipinski definition) is 12. The summed E-state index contributed by atoms with van der Waals surface area (Å²) in [5.74, 6) is -2.93. The summed E-state index contributed by atoms with van der Waals surface area (Å²) in [6.45, 7) is 3.85. The van der Waals surface area contributed by atoms with Gasteiger partial charge in [-0.2, -0.15) is 41.3 Å². The SMILES string of the molecule is Cl.N.N.NC(=O)C(F)(F)F.NC(=O)C(F)(F)F.O=C(Nc1ccc(Nc2nc(N3CCCCC3)nc(N3CCCCC3)n2)cc1)c1ccc2ccccc2c1O.[HH].[HH].[HH].[HH]. The number of anilines is 5. The van der Waals surface area contributed by atoms with Gasteiger partial charge in [-0.3, -0.25) is 14.4 Å². The number of piperidine rings is 2. The van der Waals surface area contributed by atoms with Gasteiger partial charge in [0.2, 0.25) is 17.8 Å². The number of carbonyl (C=O) groups excluding carboxylic acids is 3. The highest BCUT2D eigenvalue weighted by Crippen LogP contribution is 2.30. The molecule has 0 radical (unpaired) electrons. The van der Waals surface area contributed by atoms with Gasteiger partial charge in [0.15, 0.2) is 0 Å². The Balaban J connectivity index is -0.000000650. The van der Waals surface area contributed by atoms with Crippen LogP contribution >= 0.6 is 12.4 Å². The third kappa shape index (κ3) is 13.9. The number of hydrogen-bond donors (Lipinski definition) is 7. The summed E-state index contributed by atoms with van der Waals surface area (Å²) in [5, 5.41) is 18.4. The van der Waals surface area contributed by atoms with Gasteiger partial charge in [0, 0.05) is 48.6 Å². The van der Waals surface area contributed by atoms with Crippen molar-refractivity contribution in [3.8, 4) is 5.75 Å². The quantitative estimate of drug-likeness (QED) is 0.0932. The number of carbonyl (C=O) groups is 3. The van der Waals surface area contributed by atoms with Crippen molar-refractivity contribution in [1.82, 2.24) is 27.3 Å². The minimum absolute atomic E-state index is 0. The van der Waals surface area contributed by atoms with Crippen LogP contribution in [0.15, 0.2) is 60.7 Å². The van der Waals surface area contributed by atoms with Crippen molar-refractivity contribution in [3.63, 3.8) is 0 Å². The molecule has 1 aromatic heterocycles. The highest BCUT2D eigenvalue weighted by molar-refractivity contribution is 6.09. The monoisotopic (exact) mass is 827 g/mol. The Bertz CT molecular complexity index is 1850. The Morgan fingerprint density at radius 3 is 1.54 bits per heavy atom. The molecule has 0 aliphatic carbocycles. The summed E-state index contributed by atoms with van der Waals surface area (Å²) in [6, 6.07) is 18.3. The predicted octanol–water partition coefficient (Wildman–Crippen LogP) is 7.50. The van der Waals surface area contributed by atoms with E-state index in [9.17, 15) is 36.2 Å². The molecule has 2 fully saturated rings. The van der Waals surface area contributed by atoms with E-state index in [4.69, 9.17) is 24.5 Å². The maximum atomic E-state index is 12.9. The molecule has 2 aliphatic heterocycles. The van der Waals surface area contributed by atoms with E-state index in [0.717, 1.165) is 74.8 Å². The van der Waals surface area contributed by atoms with E-state index in [0.29, 0.717) is 17.0 Å². The Kier molecular flexibility index (Phi) is 18.5. The van der Waals surface area contributed by atoms with Crippen LogP contribution in [0.4, 0.5) is 55.6 Å². The molecular formula is C34H52ClF6N11O4. The summed E-state index contributed by atoms with van der Waals surface area (Å²) in [4.78, 5) is 50.0. The van der Waals surface area contributed by atoms with Gasteiger partial charge in [0.1, 0.15) is 5.75 Å². The molecule has 56 heavy (non-hydrogen) atoms. The number of alkyl halides is 6. The van der Waals surface area contributed by atoms with E-state index >= 15 is 0 Å². The second kappa shape index (κ2) is 21.4. The lowest BCUT2D eigenvalue weighted by atomic mass is 10.0. The number of nitrogens with one attached hydrogen (secondary N) is 2. The van der Waals surface area contributed by atoms with Gasteiger partial charge < -0.3 is 49.3 Å². The average molecular weight is 828 g/mol. The Hall–Kier alpha value is -5.67. The van der Waals surface area contributed by atoms with E-state index in [1.165, 1.54) is 12.8 Å². The second-order valence-electron chi connectivity index (χ2n) is 11.9. The fourth-order valence-electron chi connectivity index (χ4n) is 5.28. The minimum atomic E-state index is -4.86. The van der Waals surface area contributed by atoms with Gasteiger partial charge in [-0.1, -0.05) is 30.3 Å². The van der Waals surface area contributed by atoms with Crippen molar-refractivity contribution >= 4 is 70.1 Å². The number of primary amides is 2. The topological polar surface area (TPSA) is 263 Å². The fraction of sp³-hybridized carbons (Fsp3) is 0.353. The van der Waals surface area contributed by atoms with Gasteiger partial charge in [-0.15, -0.1) is 12.4 Å². The van der Waals surface area contributed by atoms with Crippen LogP contribution < -0.4 is 44.2 Å². The molecular weight excluding hydrogens is 776 g/mol. The van der Waals surface area contributed by atoms with Crippen molar-refractivity contribution < 1.29 is 51.5 Å². The van der Waals surface area contributed by atoms with Crippen LogP contribution in [-0.4, -0.2) is 76.3 Å². The highest BCUT2D eigenvalue weighted by atomic mass is 35.5. The van der Waals surface area contributed by atoms with Crippen LogP contribution in [0, 0.1) is 0 Å². The van der Waals surface area contributed by atoms with Crippen LogP contribution in [0.2, 0.25) is 0 Å². The largest absolute Gasteiger partial charge is 0.506 e. The number of phenolic OH excluding ortho intramolecular Hbond substituents is 1. The van der Waals surface area contributed by atoms with E-state index in [2.05, 4.69) is 31.9 Å². The number of nitrogens with two attached hydrogens (primary N) is 2. The Morgan fingerprint density at radius 2 is 1.09 bits per heavy atom. The maximum absolute atomic E-state index is 12.9. The third-order valence-electron chi connectivity index (χ3n) is 7.99. The molecule has 0 unspecified atom stereocenters. The Labute approximate surface area is 329 Å². The Morgan fingerprint density at radius 1 is 0.661 bits per heavy atom. The van der Waals surface area contributed by atoms with Crippen LogP contribution in [-0.2, 0) is 9.59 Å². The molecule has 4 aromatic rings. The van der Waals surface area contributed by atoms with Crippen molar-refractivity contribution in [1.29, 1.82) is 0 Å². The summed E-state index contributed by atoms with van der Waals surface area (Å²) < 4.78 is 64.2. The number of rotatable bonds is 6. The lowest BCUT2D eigenvalue weighted by Crippen LogP contribution is -2.34. The first-order chi connectivity index (χ1) is 25.0. The summed E-state index contributed by atoms with van der Waals surface area (Å²) in [7, 11) is 0. The molecule has 316 valence electrons. The number of aromatic hydroxyl groups is 1. The molecule has 13 N–H and O–H groups in total. The molecule has 0 saturated carbocycles. The van der Waals surface area contributed by atoms with E-state index in [1.54, 1.807) is 12.1 Å². The average Bonchev–Trinajstić information content (AvgIpc) is 3.13. The normalized spacial score (nSPS) is 13.8. The summed E-state index contributed by atoms with van der Waals surface area (Å²) in [5.41, 5.74) is 9.27. The number of fused-ring (bicyclic) bond motifs is 1. The zero-order chi connectivity index (χ0) is 38.8. The number of benzene rings is 3. The molecule has 0 bridgehead atoms. The van der Waals surface area contributed by atoms with Gasteiger partial charge in [-0.05, 0) is 74.2 Å². The smallest absolute Gasteiger partial charge is 0.470 e. The zero-order valence-electron chi connectivity index (χ0n) is 30.0. The molecule has 0 spiro atoms. The standard InChI is InChI=1S/C30H33N7O2.2C2H2F3NO.ClH.2H3N.4H2/c38-26-24-10-4-3-9-21(24)11-16-25(26)27(39)31-22-12-14-23(15-13-22)32-28-33-29(36-17-5-1-6-18-36)35-30(34-28)37-19-7-2-8-20-37;2*3-2(4,5)1(6)7;;;;;;;/h3-4,9-16,38H,1-2,5-8,17-20H2,(H,31,39)(H,32,33,34,35);2*(H2,6,7);1H;2*1H3;4*1H. The first kappa shape index (κ1) is 48.3. The third-order valence-corrected chi connectivity index (χ3v) is 7.99. The first-order valence-corrected chi connectivity index (χ1v) is 16.4. The molecule has 3 heterocycles. The number of amides is 3. The first-order valence-electron chi connectivity index (χ1n) is 16.4. The van der Waals surface area contributed by atoms with E-state index in [-0.39, 0.29) is 47.6 Å². The molecule has 0 atom stereocenters. The number of aromatic nitrogens is 3. The summed E-state index contributed by atoms with van der Waals surface area (Å²) >= 11 is 0. The lowest BCUT2D eigenvalue weighted by molar-refractivity contribution is -0.169. The second-order valence-corrected chi connectivity index (χ2v) is 11.9. The number of nitrogens with zero attached hydrogens (tertiary/aromatic N) is 5. The van der Waals surface area contributed by atoms with Crippen molar-refractivity contribution in [2.75, 3.05) is 46.6 Å². The maximum Gasteiger partial charge on any atom is 0.470 e. The summed E-state index contributed by atoms with van der Waals surface area (Å²) in [6.07, 6.45) is -2.63. The molecule has 2 aliphatic rings. The van der Waals surface area contributed by atoms with Gasteiger partial charge in [0.05, 0.1) is 5.56 Å². The van der Waals surface area contributed by atoms with Crippen molar-refractivity contribution in [2.45, 2.75) is 50.9 Å². The van der Waals surface area contributed by atoms with Crippen LogP contribution in [0.25, 0.3) is 10.8 Å². The lowest BCUT2D eigenvalue weighted by Gasteiger charge is -2.30. The zero-order valence-corrected chi connectivity index (χ0v) is 30.8.